The average Bonchev–Trinajstić information content (AvgIpc) is 2.96. The predicted molar refractivity (Wildman–Crippen MR) is 100 cm³/mol. The Morgan fingerprint density at radius 2 is 2.12 bits per heavy atom. The summed E-state index contributed by atoms with van der Waals surface area (Å²) in [5.41, 5.74) is 0.428. The van der Waals surface area contributed by atoms with Gasteiger partial charge < -0.3 is 10.6 Å². The van der Waals surface area contributed by atoms with Crippen LogP contribution in [0.4, 0.5) is 15.8 Å². The number of sulfonamides is 1. The standard InChI is InChI=1S/C18H26FN3O3S/c1-13(14-5-7-20-8-6-14)11-18(23)21-15-3-4-16(19)17(12-15)22-9-2-10-26(22,24)25/h3-4,12-14,20H,2,5-11H2,1H3,(H,21,23). The molecule has 2 N–H and O–H groups in total. The Morgan fingerprint density at radius 3 is 2.77 bits per heavy atom. The Morgan fingerprint density at radius 1 is 1.38 bits per heavy atom. The summed E-state index contributed by atoms with van der Waals surface area (Å²) in [7, 11) is -3.47. The van der Waals surface area contributed by atoms with Crippen molar-refractivity contribution in [1.82, 2.24) is 5.32 Å². The van der Waals surface area contributed by atoms with Gasteiger partial charge in [0.1, 0.15) is 5.82 Å². The molecule has 2 aliphatic rings. The van der Waals surface area contributed by atoms with Gasteiger partial charge in [-0.2, -0.15) is 0 Å². The number of amides is 1. The Bertz CT molecular complexity index is 763. The summed E-state index contributed by atoms with van der Waals surface area (Å²) in [4.78, 5) is 12.4. The molecule has 3 rings (SSSR count). The van der Waals surface area contributed by atoms with Crippen molar-refractivity contribution in [1.29, 1.82) is 0 Å². The van der Waals surface area contributed by atoms with E-state index in [2.05, 4.69) is 17.6 Å². The minimum Gasteiger partial charge on any atom is -0.326 e. The first kappa shape index (κ1) is 19.1. The molecular weight excluding hydrogens is 357 g/mol. The van der Waals surface area contributed by atoms with Gasteiger partial charge in [0.2, 0.25) is 15.9 Å². The highest BCUT2D eigenvalue weighted by atomic mass is 32.2. The molecule has 0 bridgehead atoms. The summed E-state index contributed by atoms with van der Waals surface area (Å²) >= 11 is 0. The van der Waals surface area contributed by atoms with Gasteiger partial charge in [0.25, 0.3) is 0 Å². The minimum absolute atomic E-state index is 0.00621. The molecule has 2 heterocycles. The Hall–Kier alpha value is -1.67. The number of piperidine rings is 1. The van der Waals surface area contributed by atoms with Crippen molar-refractivity contribution >= 4 is 27.3 Å². The average molecular weight is 383 g/mol. The Balaban J connectivity index is 1.66. The van der Waals surface area contributed by atoms with E-state index in [1.807, 2.05) is 0 Å². The van der Waals surface area contributed by atoms with Crippen LogP contribution in [-0.4, -0.2) is 39.7 Å². The van der Waals surface area contributed by atoms with Crippen LogP contribution < -0.4 is 14.9 Å². The third-order valence-corrected chi connectivity index (χ3v) is 7.15. The first-order chi connectivity index (χ1) is 12.4. The highest BCUT2D eigenvalue weighted by molar-refractivity contribution is 7.93. The molecular formula is C18H26FN3O3S. The van der Waals surface area contributed by atoms with E-state index in [9.17, 15) is 17.6 Å². The highest BCUT2D eigenvalue weighted by Gasteiger charge is 2.30. The largest absolute Gasteiger partial charge is 0.326 e. The molecule has 1 aromatic rings. The van der Waals surface area contributed by atoms with Crippen LogP contribution in [0.5, 0.6) is 0 Å². The lowest BCUT2D eigenvalue weighted by atomic mass is 9.84. The number of hydrogen-bond donors (Lipinski definition) is 2. The number of nitrogens with one attached hydrogen (secondary N) is 2. The summed E-state index contributed by atoms with van der Waals surface area (Å²) in [6.45, 7) is 4.33. The van der Waals surface area contributed by atoms with Gasteiger partial charge in [-0.3, -0.25) is 9.10 Å². The normalized spacial score (nSPS) is 21.5. The van der Waals surface area contributed by atoms with Crippen LogP contribution in [0.2, 0.25) is 0 Å². The number of rotatable bonds is 5. The molecule has 1 atom stereocenters. The van der Waals surface area contributed by atoms with Crippen molar-refractivity contribution < 1.29 is 17.6 Å². The SMILES string of the molecule is CC(CC(=O)Nc1ccc(F)c(N2CCCS2(=O)=O)c1)C1CCNCC1. The smallest absolute Gasteiger partial charge is 0.235 e. The second-order valence-electron chi connectivity index (χ2n) is 7.22. The molecule has 0 radical (unpaired) electrons. The quantitative estimate of drug-likeness (QED) is 0.818. The lowest BCUT2D eigenvalue weighted by molar-refractivity contribution is -0.117. The topological polar surface area (TPSA) is 78.5 Å². The van der Waals surface area contributed by atoms with Crippen LogP contribution in [0, 0.1) is 17.7 Å². The van der Waals surface area contributed by atoms with Gasteiger partial charge in [0.05, 0.1) is 11.4 Å². The molecule has 144 valence electrons. The monoisotopic (exact) mass is 383 g/mol. The maximum absolute atomic E-state index is 14.1. The number of benzene rings is 1. The fraction of sp³-hybridized carbons (Fsp3) is 0.611. The number of hydrogen-bond acceptors (Lipinski definition) is 4. The van der Waals surface area contributed by atoms with Gasteiger partial charge >= 0.3 is 0 Å². The Kier molecular flexibility index (Phi) is 5.82. The summed E-state index contributed by atoms with van der Waals surface area (Å²) < 4.78 is 39.3. The molecule has 26 heavy (non-hydrogen) atoms. The summed E-state index contributed by atoms with van der Waals surface area (Å²) in [6.07, 6.45) is 3.02. The fourth-order valence-electron chi connectivity index (χ4n) is 3.78. The van der Waals surface area contributed by atoms with Gasteiger partial charge in [-0.05, 0) is 62.4 Å². The molecule has 0 spiro atoms. The van der Waals surface area contributed by atoms with E-state index in [4.69, 9.17) is 0 Å². The molecule has 0 aromatic heterocycles. The first-order valence-electron chi connectivity index (χ1n) is 9.17. The summed E-state index contributed by atoms with van der Waals surface area (Å²) in [5.74, 6) is 0.0995. The number of carbonyl (C=O) groups excluding carboxylic acids is 1. The zero-order valence-corrected chi connectivity index (χ0v) is 15.8. The molecule has 0 aliphatic carbocycles. The van der Waals surface area contributed by atoms with E-state index < -0.39 is 15.8 Å². The van der Waals surface area contributed by atoms with Gasteiger partial charge in [-0.15, -0.1) is 0 Å². The van der Waals surface area contributed by atoms with Crippen molar-refractivity contribution in [2.24, 2.45) is 11.8 Å². The maximum Gasteiger partial charge on any atom is 0.235 e. The third-order valence-electron chi connectivity index (χ3n) is 5.29. The molecule has 1 unspecified atom stereocenters. The fourth-order valence-corrected chi connectivity index (χ4v) is 5.34. The van der Waals surface area contributed by atoms with Crippen molar-refractivity contribution in [3.05, 3.63) is 24.0 Å². The van der Waals surface area contributed by atoms with Crippen molar-refractivity contribution in [3.63, 3.8) is 0 Å². The van der Waals surface area contributed by atoms with E-state index in [-0.39, 0.29) is 29.8 Å². The van der Waals surface area contributed by atoms with Crippen molar-refractivity contribution in [2.45, 2.75) is 32.6 Å². The van der Waals surface area contributed by atoms with Gasteiger partial charge in [-0.1, -0.05) is 6.92 Å². The highest BCUT2D eigenvalue weighted by Crippen LogP contribution is 2.30. The number of carbonyl (C=O) groups is 1. The number of anilines is 2. The number of nitrogens with zero attached hydrogens (tertiary/aromatic N) is 1. The summed E-state index contributed by atoms with van der Waals surface area (Å²) in [6, 6.07) is 4.08. The van der Waals surface area contributed by atoms with Crippen molar-refractivity contribution in [3.8, 4) is 0 Å². The molecule has 8 heteroatoms. The van der Waals surface area contributed by atoms with Gasteiger partial charge in [0.15, 0.2) is 0 Å². The molecule has 2 aliphatic heterocycles. The molecule has 0 saturated carbocycles. The zero-order valence-electron chi connectivity index (χ0n) is 15.0. The molecule has 2 fully saturated rings. The van der Waals surface area contributed by atoms with E-state index in [1.165, 1.54) is 18.2 Å². The lowest BCUT2D eigenvalue weighted by Crippen LogP contribution is -2.32. The van der Waals surface area contributed by atoms with Crippen LogP contribution in [0.3, 0.4) is 0 Å². The number of halogens is 1. The second kappa shape index (κ2) is 7.92. The van der Waals surface area contributed by atoms with Crippen LogP contribution in [-0.2, 0) is 14.8 Å². The Labute approximate surface area is 154 Å². The van der Waals surface area contributed by atoms with Crippen LogP contribution in [0.1, 0.15) is 32.6 Å². The second-order valence-corrected chi connectivity index (χ2v) is 9.24. The minimum atomic E-state index is -3.47. The zero-order chi connectivity index (χ0) is 18.7. The van der Waals surface area contributed by atoms with Crippen LogP contribution in [0.15, 0.2) is 18.2 Å². The van der Waals surface area contributed by atoms with Crippen molar-refractivity contribution in [2.75, 3.05) is 35.0 Å². The molecule has 6 nitrogen and oxygen atoms in total. The van der Waals surface area contributed by atoms with E-state index in [0.29, 0.717) is 24.4 Å². The van der Waals surface area contributed by atoms with E-state index >= 15 is 0 Å². The molecule has 2 saturated heterocycles. The van der Waals surface area contributed by atoms with E-state index in [1.54, 1.807) is 0 Å². The molecule has 1 aromatic carbocycles. The molecule has 1 amide bonds. The van der Waals surface area contributed by atoms with Gasteiger partial charge in [0, 0.05) is 18.7 Å². The maximum atomic E-state index is 14.1. The predicted octanol–water partition coefficient (Wildman–Crippen LogP) is 2.33. The first-order valence-corrected chi connectivity index (χ1v) is 10.8. The van der Waals surface area contributed by atoms with Gasteiger partial charge in [-0.25, -0.2) is 12.8 Å². The van der Waals surface area contributed by atoms with Crippen LogP contribution in [0.25, 0.3) is 0 Å². The van der Waals surface area contributed by atoms with Crippen LogP contribution >= 0.6 is 0 Å². The summed E-state index contributed by atoms with van der Waals surface area (Å²) in [5, 5.41) is 6.11. The van der Waals surface area contributed by atoms with E-state index in [0.717, 1.165) is 30.2 Å². The lowest BCUT2D eigenvalue weighted by Gasteiger charge is -2.28. The third kappa shape index (κ3) is 4.35.